The Labute approximate surface area is 92.2 Å². The van der Waals surface area contributed by atoms with Crippen molar-refractivity contribution < 1.29 is 9.90 Å². The first-order valence-corrected chi connectivity index (χ1v) is 5.87. The van der Waals surface area contributed by atoms with Crippen molar-refractivity contribution in [2.45, 2.75) is 51.5 Å². The highest BCUT2D eigenvalue weighted by Crippen LogP contribution is 2.03. The molecule has 1 atom stereocenters. The van der Waals surface area contributed by atoms with Gasteiger partial charge in [-0.05, 0) is 13.0 Å². The first-order valence-electron chi connectivity index (χ1n) is 5.87. The number of aliphatic carboxylic acids is 1. The molecule has 1 unspecified atom stereocenters. The van der Waals surface area contributed by atoms with Crippen LogP contribution in [0.4, 0.5) is 0 Å². The number of nitrogens with two attached hydrogens (primary N) is 1. The van der Waals surface area contributed by atoms with Crippen molar-refractivity contribution >= 4 is 5.97 Å². The maximum absolute atomic E-state index is 10.4. The summed E-state index contributed by atoms with van der Waals surface area (Å²) in [7, 11) is 0. The molecule has 0 spiro atoms. The first kappa shape index (κ1) is 14.4. The summed E-state index contributed by atoms with van der Waals surface area (Å²) >= 11 is 0. The molecule has 0 saturated carbocycles. The van der Waals surface area contributed by atoms with Gasteiger partial charge in [-0.25, -0.2) is 0 Å². The lowest BCUT2D eigenvalue weighted by atomic mass is 10.1. The van der Waals surface area contributed by atoms with Crippen molar-refractivity contribution in [3.05, 3.63) is 0 Å². The second kappa shape index (κ2) is 9.93. The molecule has 0 aliphatic rings. The standard InChI is InChI=1S/C11H24N2O2/c1-2-3-4-5-6-7-8-13-9-10(12)11(14)15/h10,13H,2-9,12H2,1H3,(H,14,15). The average molecular weight is 216 g/mol. The number of hydrogen-bond acceptors (Lipinski definition) is 3. The minimum absolute atomic E-state index is 0.365. The molecule has 0 fully saturated rings. The predicted molar refractivity (Wildman–Crippen MR) is 61.9 cm³/mol. The molecule has 90 valence electrons. The lowest BCUT2D eigenvalue weighted by molar-refractivity contribution is -0.138. The van der Waals surface area contributed by atoms with Crippen LogP contribution in [0.3, 0.4) is 0 Å². The van der Waals surface area contributed by atoms with Gasteiger partial charge in [0.15, 0.2) is 0 Å². The van der Waals surface area contributed by atoms with Crippen molar-refractivity contribution in [3.8, 4) is 0 Å². The van der Waals surface area contributed by atoms with Gasteiger partial charge in [-0.2, -0.15) is 0 Å². The minimum atomic E-state index is -0.939. The van der Waals surface area contributed by atoms with Crippen LogP contribution in [-0.2, 0) is 4.79 Å². The van der Waals surface area contributed by atoms with E-state index in [1.165, 1.54) is 32.1 Å². The molecule has 0 aromatic heterocycles. The number of nitrogens with one attached hydrogen (secondary N) is 1. The largest absolute Gasteiger partial charge is 0.480 e. The van der Waals surface area contributed by atoms with E-state index in [0.29, 0.717) is 6.54 Å². The van der Waals surface area contributed by atoms with Gasteiger partial charge in [-0.15, -0.1) is 0 Å². The summed E-state index contributed by atoms with van der Waals surface area (Å²) in [6.07, 6.45) is 7.50. The molecule has 0 aliphatic carbocycles. The third-order valence-electron chi connectivity index (χ3n) is 2.39. The van der Waals surface area contributed by atoms with Crippen LogP contribution in [0.25, 0.3) is 0 Å². The van der Waals surface area contributed by atoms with Crippen LogP contribution in [0.2, 0.25) is 0 Å². The molecule has 0 heterocycles. The topological polar surface area (TPSA) is 75.3 Å². The molecule has 0 rings (SSSR count). The second-order valence-electron chi connectivity index (χ2n) is 3.92. The van der Waals surface area contributed by atoms with Crippen LogP contribution >= 0.6 is 0 Å². The summed E-state index contributed by atoms with van der Waals surface area (Å²) in [5.41, 5.74) is 5.33. The molecular weight excluding hydrogens is 192 g/mol. The van der Waals surface area contributed by atoms with Gasteiger partial charge < -0.3 is 16.2 Å². The monoisotopic (exact) mass is 216 g/mol. The van der Waals surface area contributed by atoms with E-state index in [1.54, 1.807) is 0 Å². The Kier molecular flexibility index (Phi) is 9.52. The SMILES string of the molecule is CCCCCCCCNCC(N)C(=O)O. The highest BCUT2D eigenvalue weighted by atomic mass is 16.4. The van der Waals surface area contributed by atoms with E-state index < -0.39 is 12.0 Å². The van der Waals surface area contributed by atoms with Crippen molar-refractivity contribution in [3.63, 3.8) is 0 Å². The Morgan fingerprint density at radius 3 is 2.47 bits per heavy atom. The van der Waals surface area contributed by atoms with E-state index in [1.807, 2.05) is 0 Å². The molecule has 0 aliphatic heterocycles. The second-order valence-corrected chi connectivity index (χ2v) is 3.92. The molecule has 0 amide bonds. The summed E-state index contributed by atoms with van der Waals surface area (Å²) in [6, 6.07) is -0.773. The zero-order chi connectivity index (χ0) is 11.5. The van der Waals surface area contributed by atoms with E-state index in [2.05, 4.69) is 12.2 Å². The van der Waals surface area contributed by atoms with Gasteiger partial charge in [0.05, 0.1) is 0 Å². The first-order chi connectivity index (χ1) is 7.18. The highest BCUT2D eigenvalue weighted by Gasteiger charge is 2.09. The molecule has 0 radical (unpaired) electrons. The predicted octanol–water partition coefficient (Wildman–Crippen LogP) is 1.35. The maximum atomic E-state index is 10.4. The highest BCUT2D eigenvalue weighted by molar-refractivity contribution is 5.73. The number of hydrogen-bond donors (Lipinski definition) is 3. The van der Waals surface area contributed by atoms with Gasteiger partial charge >= 0.3 is 5.97 Å². The number of carboxylic acid groups (broad SMARTS) is 1. The quantitative estimate of drug-likeness (QED) is 0.482. The zero-order valence-corrected chi connectivity index (χ0v) is 9.67. The summed E-state index contributed by atoms with van der Waals surface area (Å²) in [5, 5.41) is 11.6. The molecule has 15 heavy (non-hydrogen) atoms. The lowest BCUT2D eigenvalue weighted by Gasteiger charge is -2.07. The van der Waals surface area contributed by atoms with E-state index in [-0.39, 0.29) is 0 Å². The fraction of sp³-hybridized carbons (Fsp3) is 0.909. The van der Waals surface area contributed by atoms with Crippen LogP contribution in [0.5, 0.6) is 0 Å². The Balaban J connectivity index is 3.08. The molecule has 4 N–H and O–H groups in total. The Morgan fingerprint density at radius 2 is 1.87 bits per heavy atom. The van der Waals surface area contributed by atoms with Gasteiger partial charge in [0.25, 0.3) is 0 Å². The normalized spacial score (nSPS) is 12.7. The number of carboxylic acids is 1. The van der Waals surface area contributed by atoms with Crippen molar-refractivity contribution in [2.24, 2.45) is 5.73 Å². The molecule has 4 nitrogen and oxygen atoms in total. The minimum Gasteiger partial charge on any atom is -0.480 e. The molecule has 4 heteroatoms. The molecule has 0 bridgehead atoms. The Morgan fingerprint density at radius 1 is 1.27 bits per heavy atom. The van der Waals surface area contributed by atoms with Crippen molar-refractivity contribution in [1.82, 2.24) is 5.32 Å². The number of unbranched alkanes of at least 4 members (excludes halogenated alkanes) is 5. The van der Waals surface area contributed by atoms with Gasteiger partial charge in [0.1, 0.15) is 6.04 Å². The van der Waals surface area contributed by atoms with Crippen LogP contribution < -0.4 is 11.1 Å². The van der Waals surface area contributed by atoms with Crippen LogP contribution in [0, 0.1) is 0 Å². The summed E-state index contributed by atoms with van der Waals surface area (Å²) in [4.78, 5) is 10.4. The lowest BCUT2D eigenvalue weighted by Crippen LogP contribution is -2.40. The third kappa shape index (κ3) is 9.69. The van der Waals surface area contributed by atoms with E-state index in [0.717, 1.165) is 13.0 Å². The summed E-state index contributed by atoms with van der Waals surface area (Å²) < 4.78 is 0. The van der Waals surface area contributed by atoms with Gasteiger partial charge in [0, 0.05) is 6.54 Å². The van der Waals surface area contributed by atoms with Gasteiger partial charge in [-0.1, -0.05) is 39.0 Å². The van der Waals surface area contributed by atoms with Crippen molar-refractivity contribution in [2.75, 3.05) is 13.1 Å². The average Bonchev–Trinajstić information content (AvgIpc) is 2.21. The van der Waals surface area contributed by atoms with Crippen LogP contribution in [0.15, 0.2) is 0 Å². The van der Waals surface area contributed by atoms with Crippen LogP contribution in [-0.4, -0.2) is 30.2 Å². The fourth-order valence-electron chi connectivity index (χ4n) is 1.38. The van der Waals surface area contributed by atoms with E-state index >= 15 is 0 Å². The molecule has 0 aromatic rings. The smallest absolute Gasteiger partial charge is 0.321 e. The van der Waals surface area contributed by atoms with Gasteiger partial charge in [-0.3, -0.25) is 4.79 Å². The van der Waals surface area contributed by atoms with E-state index in [4.69, 9.17) is 10.8 Å². The number of carbonyl (C=O) groups is 1. The number of rotatable bonds is 10. The third-order valence-corrected chi connectivity index (χ3v) is 2.39. The van der Waals surface area contributed by atoms with Crippen molar-refractivity contribution in [1.29, 1.82) is 0 Å². The Bertz CT molecular complexity index is 163. The fourth-order valence-corrected chi connectivity index (χ4v) is 1.38. The molecule has 0 aromatic carbocycles. The van der Waals surface area contributed by atoms with E-state index in [9.17, 15) is 4.79 Å². The Hall–Kier alpha value is -0.610. The van der Waals surface area contributed by atoms with Gasteiger partial charge in [0.2, 0.25) is 0 Å². The zero-order valence-electron chi connectivity index (χ0n) is 9.67. The molecular formula is C11H24N2O2. The summed E-state index contributed by atoms with van der Waals surface area (Å²) in [5.74, 6) is -0.939. The van der Waals surface area contributed by atoms with Crippen LogP contribution in [0.1, 0.15) is 45.4 Å². The molecule has 0 saturated heterocycles. The summed E-state index contributed by atoms with van der Waals surface area (Å²) in [6.45, 7) is 3.44. The maximum Gasteiger partial charge on any atom is 0.321 e.